The van der Waals surface area contributed by atoms with Gasteiger partial charge in [-0.3, -0.25) is 9.59 Å². The van der Waals surface area contributed by atoms with E-state index in [1.807, 2.05) is 13.0 Å². The van der Waals surface area contributed by atoms with Gasteiger partial charge in [0.1, 0.15) is 0 Å². The molecule has 22 heavy (non-hydrogen) atoms. The molecule has 0 saturated heterocycles. The molecule has 6 nitrogen and oxygen atoms in total. The SMILES string of the molecule is Cc1cccc(=O)n1CCCNC(=O)C[C@H]1C=CS(=O)(=O)C1. The largest absolute Gasteiger partial charge is 0.356 e. The Morgan fingerprint density at radius 2 is 2.18 bits per heavy atom. The molecule has 0 radical (unpaired) electrons. The van der Waals surface area contributed by atoms with Crippen molar-refractivity contribution in [3.8, 4) is 0 Å². The van der Waals surface area contributed by atoms with Crippen molar-refractivity contribution in [1.29, 1.82) is 0 Å². The molecule has 2 heterocycles. The molecule has 1 aromatic rings. The number of amides is 1. The summed E-state index contributed by atoms with van der Waals surface area (Å²) in [5, 5.41) is 3.94. The zero-order valence-electron chi connectivity index (χ0n) is 12.5. The number of carbonyl (C=O) groups is 1. The number of hydrogen-bond acceptors (Lipinski definition) is 4. The smallest absolute Gasteiger partial charge is 0.250 e. The molecular weight excluding hydrogens is 304 g/mol. The van der Waals surface area contributed by atoms with Gasteiger partial charge >= 0.3 is 0 Å². The van der Waals surface area contributed by atoms with Gasteiger partial charge in [-0.15, -0.1) is 0 Å². The standard InChI is InChI=1S/C15H20N2O4S/c1-12-4-2-5-15(19)17(12)8-3-7-16-14(18)10-13-6-9-22(20,21)11-13/h2,4-6,9,13H,3,7-8,10-11H2,1H3,(H,16,18)/t13-/m1/s1. The molecule has 7 heteroatoms. The summed E-state index contributed by atoms with van der Waals surface area (Å²) in [6.45, 7) is 2.87. The minimum Gasteiger partial charge on any atom is -0.356 e. The fraction of sp³-hybridized carbons (Fsp3) is 0.467. The van der Waals surface area contributed by atoms with E-state index >= 15 is 0 Å². The number of aryl methyl sites for hydroxylation is 1. The summed E-state index contributed by atoms with van der Waals surface area (Å²) in [7, 11) is -3.11. The van der Waals surface area contributed by atoms with Gasteiger partial charge in [-0.1, -0.05) is 12.1 Å². The lowest BCUT2D eigenvalue weighted by Gasteiger charge is -2.11. The quantitative estimate of drug-likeness (QED) is 0.777. The summed E-state index contributed by atoms with van der Waals surface area (Å²) >= 11 is 0. The van der Waals surface area contributed by atoms with Crippen molar-refractivity contribution >= 4 is 15.7 Å². The average Bonchev–Trinajstić information content (AvgIpc) is 2.76. The molecule has 0 spiro atoms. The highest BCUT2D eigenvalue weighted by Gasteiger charge is 2.23. The van der Waals surface area contributed by atoms with Crippen molar-refractivity contribution in [2.45, 2.75) is 26.3 Å². The van der Waals surface area contributed by atoms with Crippen LogP contribution in [-0.2, 0) is 21.2 Å². The van der Waals surface area contributed by atoms with Crippen LogP contribution in [0.2, 0.25) is 0 Å². The molecule has 1 amide bonds. The van der Waals surface area contributed by atoms with Gasteiger partial charge in [-0.2, -0.15) is 0 Å². The highest BCUT2D eigenvalue weighted by atomic mass is 32.2. The summed E-state index contributed by atoms with van der Waals surface area (Å²) in [5.74, 6) is -0.383. The summed E-state index contributed by atoms with van der Waals surface area (Å²) in [6.07, 6.45) is 2.40. The third-order valence-corrected chi connectivity index (χ3v) is 5.07. The van der Waals surface area contributed by atoms with E-state index in [-0.39, 0.29) is 29.6 Å². The van der Waals surface area contributed by atoms with E-state index in [4.69, 9.17) is 0 Å². The van der Waals surface area contributed by atoms with E-state index in [1.165, 1.54) is 11.5 Å². The first-order valence-electron chi connectivity index (χ1n) is 7.21. The Labute approximate surface area is 129 Å². The first kappa shape index (κ1) is 16.5. The molecule has 1 aliphatic heterocycles. The zero-order valence-corrected chi connectivity index (χ0v) is 13.3. The number of pyridine rings is 1. The van der Waals surface area contributed by atoms with Crippen LogP contribution >= 0.6 is 0 Å². The maximum Gasteiger partial charge on any atom is 0.250 e. The van der Waals surface area contributed by atoms with Crippen LogP contribution < -0.4 is 10.9 Å². The maximum absolute atomic E-state index is 11.7. The predicted molar refractivity (Wildman–Crippen MR) is 84.1 cm³/mol. The van der Waals surface area contributed by atoms with E-state index in [9.17, 15) is 18.0 Å². The number of aromatic nitrogens is 1. The van der Waals surface area contributed by atoms with E-state index in [2.05, 4.69) is 5.32 Å². The highest BCUT2D eigenvalue weighted by Crippen LogP contribution is 2.17. The number of nitrogens with one attached hydrogen (secondary N) is 1. The number of allylic oxidation sites excluding steroid dienone is 1. The van der Waals surface area contributed by atoms with Gasteiger partial charge < -0.3 is 9.88 Å². The van der Waals surface area contributed by atoms with Crippen molar-refractivity contribution < 1.29 is 13.2 Å². The van der Waals surface area contributed by atoms with Gasteiger partial charge in [0.25, 0.3) is 5.56 Å². The first-order chi connectivity index (χ1) is 10.4. The van der Waals surface area contributed by atoms with Crippen molar-refractivity contribution in [3.63, 3.8) is 0 Å². The van der Waals surface area contributed by atoms with Crippen molar-refractivity contribution in [3.05, 3.63) is 45.7 Å². The molecule has 0 aromatic carbocycles. The van der Waals surface area contributed by atoms with Gasteiger partial charge in [0.15, 0.2) is 9.84 Å². The minimum atomic E-state index is -3.11. The van der Waals surface area contributed by atoms with Crippen LogP contribution in [0.25, 0.3) is 0 Å². The molecule has 1 aliphatic rings. The second-order valence-corrected chi connectivity index (χ2v) is 7.41. The second-order valence-electron chi connectivity index (χ2n) is 5.48. The van der Waals surface area contributed by atoms with Crippen molar-refractivity contribution in [1.82, 2.24) is 9.88 Å². The van der Waals surface area contributed by atoms with Gasteiger partial charge in [0.05, 0.1) is 5.75 Å². The summed E-state index contributed by atoms with van der Waals surface area (Å²) in [5.41, 5.74) is 0.841. The van der Waals surface area contributed by atoms with E-state index in [0.717, 1.165) is 5.69 Å². The van der Waals surface area contributed by atoms with Crippen LogP contribution in [0.4, 0.5) is 0 Å². The van der Waals surface area contributed by atoms with Crippen LogP contribution in [0.5, 0.6) is 0 Å². The Hall–Kier alpha value is -1.89. The van der Waals surface area contributed by atoms with Crippen molar-refractivity contribution in [2.75, 3.05) is 12.3 Å². The van der Waals surface area contributed by atoms with E-state index in [0.29, 0.717) is 19.5 Å². The Kier molecular flexibility index (Phi) is 5.18. The topological polar surface area (TPSA) is 85.2 Å². The lowest BCUT2D eigenvalue weighted by molar-refractivity contribution is -0.121. The molecule has 0 saturated carbocycles. The fourth-order valence-corrected chi connectivity index (χ4v) is 3.85. The molecule has 2 rings (SSSR count). The first-order valence-corrected chi connectivity index (χ1v) is 8.93. The Balaban J connectivity index is 1.72. The highest BCUT2D eigenvalue weighted by molar-refractivity contribution is 7.94. The lowest BCUT2D eigenvalue weighted by Crippen LogP contribution is -2.29. The van der Waals surface area contributed by atoms with Gasteiger partial charge in [0, 0.05) is 42.6 Å². The summed E-state index contributed by atoms with van der Waals surface area (Å²) < 4.78 is 24.2. The van der Waals surface area contributed by atoms with E-state index in [1.54, 1.807) is 16.7 Å². The number of rotatable bonds is 6. The van der Waals surface area contributed by atoms with Crippen LogP contribution in [0.15, 0.2) is 34.5 Å². The number of nitrogens with zero attached hydrogens (tertiary/aromatic N) is 1. The molecular formula is C15H20N2O4S. The molecule has 120 valence electrons. The number of carbonyl (C=O) groups excluding carboxylic acids is 1. The minimum absolute atomic E-state index is 0.0129. The number of sulfone groups is 1. The van der Waals surface area contributed by atoms with E-state index < -0.39 is 9.84 Å². The van der Waals surface area contributed by atoms with Crippen LogP contribution in [0.1, 0.15) is 18.5 Å². The van der Waals surface area contributed by atoms with Crippen LogP contribution in [0.3, 0.4) is 0 Å². The lowest BCUT2D eigenvalue weighted by atomic mass is 10.1. The third-order valence-electron chi connectivity index (χ3n) is 3.60. The van der Waals surface area contributed by atoms with Crippen LogP contribution in [-0.4, -0.2) is 31.2 Å². The molecule has 1 aromatic heterocycles. The van der Waals surface area contributed by atoms with Crippen molar-refractivity contribution in [2.24, 2.45) is 5.92 Å². The monoisotopic (exact) mass is 324 g/mol. The Morgan fingerprint density at radius 3 is 2.82 bits per heavy atom. The third kappa shape index (κ3) is 4.56. The molecule has 0 unspecified atom stereocenters. The molecule has 0 fully saturated rings. The summed E-state index contributed by atoms with van der Waals surface area (Å²) in [6, 6.07) is 5.10. The maximum atomic E-state index is 11.7. The molecule has 1 atom stereocenters. The molecule has 0 bridgehead atoms. The molecule has 0 aliphatic carbocycles. The molecule has 1 N–H and O–H groups in total. The fourth-order valence-electron chi connectivity index (χ4n) is 2.45. The van der Waals surface area contributed by atoms with Gasteiger partial charge in [-0.25, -0.2) is 8.42 Å². The normalized spacial score (nSPS) is 19.2. The predicted octanol–water partition coefficient (Wildman–Crippen LogP) is 0.611. The van der Waals surface area contributed by atoms with Gasteiger partial charge in [-0.05, 0) is 19.4 Å². The van der Waals surface area contributed by atoms with Crippen LogP contribution in [0, 0.1) is 12.8 Å². The Morgan fingerprint density at radius 1 is 1.41 bits per heavy atom. The zero-order chi connectivity index (χ0) is 16.2. The summed E-state index contributed by atoms with van der Waals surface area (Å²) in [4.78, 5) is 23.4. The second kappa shape index (κ2) is 6.91. The Bertz CT molecular complexity index is 734. The number of hydrogen-bond donors (Lipinski definition) is 1. The van der Waals surface area contributed by atoms with Gasteiger partial charge in [0.2, 0.25) is 5.91 Å². The average molecular weight is 324 g/mol.